The number of hydrogen-bond acceptors (Lipinski definition) is 5. The predicted molar refractivity (Wildman–Crippen MR) is 120 cm³/mol. The molecule has 4 aromatic rings. The van der Waals surface area contributed by atoms with Gasteiger partial charge in [-0.05, 0) is 48.9 Å². The van der Waals surface area contributed by atoms with Crippen LogP contribution in [0.3, 0.4) is 0 Å². The third-order valence-corrected chi connectivity index (χ3v) is 5.07. The number of benzene rings is 2. The molecule has 0 spiro atoms. The number of nitrogens with one attached hydrogen (secondary N) is 1. The molecule has 0 unspecified atom stereocenters. The number of carbonyl (C=O) groups excluding carboxylic acids is 1. The fourth-order valence-electron chi connectivity index (χ4n) is 3.46. The zero-order valence-electron chi connectivity index (χ0n) is 17.7. The lowest BCUT2D eigenvalue weighted by molar-refractivity contribution is 0.0952. The van der Waals surface area contributed by atoms with Gasteiger partial charge in [-0.3, -0.25) is 9.78 Å². The van der Waals surface area contributed by atoms with E-state index in [1.807, 2.05) is 55.5 Å². The van der Waals surface area contributed by atoms with Gasteiger partial charge in [0.1, 0.15) is 11.5 Å². The number of fused-ring (bicyclic) bond motifs is 1. The minimum atomic E-state index is -0.171. The predicted octanol–water partition coefficient (Wildman–Crippen LogP) is 4.55. The summed E-state index contributed by atoms with van der Waals surface area (Å²) in [6, 6.07) is 17.0. The molecule has 1 N–H and O–H groups in total. The zero-order chi connectivity index (χ0) is 21.8. The topological polar surface area (TPSA) is 73.3 Å². The van der Waals surface area contributed by atoms with Crippen molar-refractivity contribution in [3.63, 3.8) is 0 Å². The molecule has 6 nitrogen and oxygen atoms in total. The molecule has 0 radical (unpaired) electrons. The highest BCUT2D eigenvalue weighted by Crippen LogP contribution is 2.34. The molecular weight excluding hydrogens is 390 g/mol. The van der Waals surface area contributed by atoms with Crippen LogP contribution in [0.25, 0.3) is 22.2 Å². The van der Waals surface area contributed by atoms with Crippen LogP contribution in [0.4, 0.5) is 0 Å². The van der Waals surface area contributed by atoms with E-state index in [9.17, 15) is 4.79 Å². The maximum Gasteiger partial charge on any atom is 0.252 e. The van der Waals surface area contributed by atoms with Crippen LogP contribution in [-0.2, 0) is 6.54 Å². The van der Waals surface area contributed by atoms with Gasteiger partial charge in [0.25, 0.3) is 5.91 Å². The molecule has 0 saturated carbocycles. The highest BCUT2D eigenvalue weighted by Gasteiger charge is 2.17. The van der Waals surface area contributed by atoms with Crippen molar-refractivity contribution in [3.05, 3.63) is 83.7 Å². The van der Waals surface area contributed by atoms with Crippen molar-refractivity contribution in [1.82, 2.24) is 15.3 Å². The quantitative estimate of drug-likeness (QED) is 0.502. The number of pyridine rings is 2. The fraction of sp³-hybridized carbons (Fsp3) is 0.160. The second-order valence-corrected chi connectivity index (χ2v) is 7.19. The zero-order valence-corrected chi connectivity index (χ0v) is 17.7. The Labute approximate surface area is 180 Å². The van der Waals surface area contributed by atoms with Crippen molar-refractivity contribution < 1.29 is 14.3 Å². The Bertz CT molecular complexity index is 1240. The van der Waals surface area contributed by atoms with Gasteiger partial charge in [-0.1, -0.05) is 17.7 Å². The van der Waals surface area contributed by atoms with E-state index in [1.165, 1.54) is 0 Å². The number of methoxy groups -OCH3 is 2. The first-order chi connectivity index (χ1) is 15.1. The third kappa shape index (κ3) is 4.33. The van der Waals surface area contributed by atoms with E-state index in [-0.39, 0.29) is 5.91 Å². The van der Waals surface area contributed by atoms with E-state index >= 15 is 0 Å². The van der Waals surface area contributed by atoms with Crippen LogP contribution in [0.1, 0.15) is 21.5 Å². The summed E-state index contributed by atoms with van der Waals surface area (Å²) in [6.45, 7) is 2.39. The van der Waals surface area contributed by atoms with Gasteiger partial charge in [0.05, 0.1) is 31.0 Å². The minimum absolute atomic E-state index is 0.171. The summed E-state index contributed by atoms with van der Waals surface area (Å²) in [6.07, 6.45) is 3.45. The summed E-state index contributed by atoms with van der Waals surface area (Å²) in [5.74, 6) is 1.14. The van der Waals surface area contributed by atoms with Gasteiger partial charge < -0.3 is 14.8 Å². The molecule has 0 saturated heterocycles. The van der Waals surface area contributed by atoms with Crippen molar-refractivity contribution in [1.29, 1.82) is 0 Å². The lowest BCUT2D eigenvalue weighted by Gasteiger charge is -2.14. The summed E-state index contributed by atoms with van der Waals surface area (Å²) in [5, 5.41) is 3.80. The summed E-state index contributed by atoms with van der Waals surface area (Å²) in [7, 11) is 3.21. The van der Waals surface area contributed by atoms with Crippen LogP contribution in [0.5, 0.6) is 11.5 Å². The van der Waals surface area contributed by atoms with E-state index in [1.54, 1.807) is 32.7 Å². The Morgan fingerprint density at radius 1 is 1.03 bits per heavy atom. The van der Waals surface area contributed by atoms with Gasteiger partial charge >= 0.3 is 0 Å². The van der Waals surface area contributed by atoms with Crippen LogP contribution in [0, 0.1) is 6.92 Å². The largest absolute Gasteiger partial charge is 0.497 e. The summed E-state index contributed by atoms with van der Waals surface area (Å²) in [4.78, 5) is 22.1. The monoisotopic (exact) mass is 413 g/mol. The second-order valence-electron chi connectivity index (χ2n) is 7.19. The van der Waals surface area contributed by atoms with Crippen molar-refractivity contribution in [3.8, 4) is 22.8 Å². The average molecular weight is 413 g/mol. The first kappa shape index (κ1) is 20.3. The number of rotatable bonds is 6. The van der Waals surface area contributed by atoms with Crippen LogP contribution in [0.15, 0.2) is 67.0 Å². The number of aryl methyl sites for hydroxylation is 1. The Hall–Kier alpha value is -3.93. The summed E-state index contributed by atoms with van der Waals surface area (Å²) < 4.78 is 10.8. The maximum absolute atomic E-state index is 13.2. The number of hydrogen-bond donors (Lipinski definition) is 1. The molecule has 0 aliphatic rings. The van der Waals surface area contributed by atoms with Gasteiger partial charge in [0.2, 0.25) is 0 Å². The van der Waals surface area contributed by atoms with Crippen LogP contribution < -0.4 is 14.8 Å². The number of nitrogens with zero attached hydrogens (tertiary/aromatic N) is 2. The molecule has 4 rings (SSSR count). The van der Waals surface area contributed by atoms with Crippen LogP contribution in [-0.4, -0.2) is 30.1 Å². The molecule has 156 valence electrons. The van der Waals surface area contributed by atoms with Crippen LogP contribution in [0.2, 0.25) is 0 Å². The molecule has 0 fully saturated rings. The smallest absolute Gasteiger partial charge is 0.252 e. The molecule has 2 heterocycles. The Morgan fingerprint density at radius 2 is 1.90 bits per heavy atom. The number of carbonyl (C=O) groups is 1. The number of aromatic nitrogens is 2. The van der Waals surface area contributed by atoms with E-state index in [0.29, 0.717) is 29.3 Å². The Balaban J connectivity index is 1.79. The SMILES string of the molecule is COc1ccc(-c2cc(C(=O)NCc3cccnc3)c3cc(C)ccc3n2)c(OC)c1. The normalized spacial score (nSPS) is 10.7. The molecule has 0 bridgehead atoms. The molecule has 2 aromatic carbocycles. The Kier molecular flexibility index (Phi) is 5.80. The van der Waals surface area contributed by atoms with E-state index in [4.69, 9.17) is 14.5 Å². The molecule has 0 aliphatic heterocycles. The summed E-state index contributed by atoms with van der Waals surface area (Å²) in [5.41, 5.74) is 4.74. The Morgan fingerprint density at radius 3 is 2.65 bits per heavy atom. The molecule has 2 aromatic heterocycles. The van der Waals surface area contributed by atoms with Crippen molar-refractivity contribution in [2.24, 2.45) is 0 Å². The molecule has 31 heavy (non-hydrogen) atoms. The van der Waals surface area contributed by atoms with E-state index in [0.717, 1.165) is 27.6 Å². The van der Waals surface area contributed by atoms with Crippen molar-refractivity contribution >= 4 is 16.8 Å². The summed E-state index contributed by atoms with van der Waals surface area (Å²) >= 11 is 0. The first-order valence-corrected chi connectivity index (χ1v) is 9.90. The standard InChI is InChI=1S/C25H23N3O3/c1-16-6-9-22-20(11-16)21(25(29)27-15-17-5-4-10-26-14-17)13-23(28-22)19-8-7-18(30-2)12-24(19)31-3/h4-14H,15H2,1-3H3,(H,27,29). The first-order valence-electron chi connectivity index (χ1n) is 9.90. The molecular formula is C25H23N3O3. The van der Waals surface area contributed by atoms with Crippen molar-refractivity contribution in [2.45, 2.75) is 13.5 Å². The molecule has 0 atom stereocenters. The third-order valence-electron chi connectivity index (χ3n) is 5.07. The van der Waals surface area contributed by atoms with Gasteiger partial charge in [-0.2, -0.15) is 0 Å². The van der Waals surface area contributed by atoms with Gasteiger partial charge in [-0.25, -0.2) is 4.98 Å². The number of ether oxygens (including phenoxy) is 2. The fourth-order valence-corrected chi connectivity index (χ4v) is 3.46. The molecule has 1 amide bonds. The molecule has 6 heteroatoms. The van der Waals surface area contributed by atoms with Gasteiger partial charge in [-0.15, -0.1) is 0 Å². The average Bonchev–Trinajstić information content (AvgIpc) is 2.82. The molecule has 0 aliphatic carbocycles. The van der Waals surface area contributed by atoms with Crippen LogP contribution >= 0.6 is 0 Å². The lowest BCUT2D eigenvalue weighted by Crippen LogP contribution is -2.23. The van der Waals surface area contributed by atoms with E-state index in [2.05, 4.69) is 10.3 Å². The highest BCUT2D eigenvalue weighted by molar-refractivity contribution is 6.07. The van der Waals surface area contributed by atoms with Gasteiger partial charge in [0, 0.05) is 36.0 Å². The van der Waals surface area contributed by atoms with Gasteiger partial charge in [0.15, 0.2) is 0 Å². The lowest BCUT2D eigenvalue weighted by atomic mass is 10.0. The maximum atomic E-state index is 13.2. The number of amides is 1. The second kappa shape index (κ2) is 8.83. The van der Waals surface area contributed by atoms with Crippen molar-refractivity contribution in [2.75, 3.05) is 14.2 Å². The highest BCUT2D eigenvalue weighted by atomic mass is 16.5. The minimum Gasteiger partial charge on any atom is -0.497 e. The van der Waals surface area contributed by atoms with E-state index < -0.39 is 0 Å².